The van der Waals surface area contributed by atoms with Crippen molar-refractivity contribution in [1.82, 2.24) is 0 Å². The fourth-order valence-electron chi connectivity index (χ4n) is 4.62. The van der Waals surface area contributed by atoms with Gasteiger partial charge in [-0.1, -0.05) is 41.9 Å². The van der Waals surface area contributed by atoms with Crippen molar-refractivity contribution >= 4 is 34.6 Å². The number of carbonyl (C=O) groups is 1. The molecule has 6 rings (SSSR count). The SMILES string of the molecule is CNc1ccc2c(c1)Oc1ccc(Nc3ccccc3Cl)cc1C21OC(=O)c2ccccc21. The predicted octanol–water partition coefficient (Wildman–Crippen LogP) is 6.69. The minimum Gasteiger partial charge on any atom is -0.456 e. The maximum absolute atomic E-state index is 13.0. The van der Waals surface area contributed by atoms with Crippen LogP contribution >= 0.6 is 11.6 Å². The summed E-state index contributed by atoms with van der Waals surface area (Å²) in [6.07, 6.45) is 0. The lowest BCUT2D eigenvalue weighted by Gasteiger charge is -2.37. The number of anilines is 3. The maximum Gasteiger partial charge on any atom is 0.340 e. The molecule has 2 aliphatic heterocycles. The van der Waals surface area contributed by atoms with Crippen LogP contribution in [0.2, 0.25) is 5.02 Å². The molecule has 0 amide bonds. The number of rotatable bonds is 3. The van der Waals surface area contributed by atoms with Crippen molar-refractivity contribution in [3.05, 3.63) is 112 Å². The number of ether oxygens (including phenoxy) is 2. The second kappa shape index (κ2) is 7.29. The first-order valence-electron chi connectivity index (χ1n) is 10.6. The average Bonchev–Trinajstić information content (AvgIpc) is 3.14. The largest absolute Gasteiger partial charge is 0.456 e. The molecule has 1 atom stereocenters. The molecule has 4 aromatic rings. The van der Waals surface area contributed by atoms with Gasteiger partial charge in [-0.3, -0.25) is 0 Å². The molecule has 2 N–H and O–H groups in total. The molecule has 2 aliphatic rings. The molecular formula is C27H19ClN2O3. The highest BCUT2D eigenvalue weighted by Gasteiger charge is 2.53. The van der Waals surface area contributed by atoms with Crippen LogP contribution in [0.4, 0.5) is 17.1 Å². The van der Waals surface area contributed by atoms with Crippen LogP contribution in [0.15, 0.2) is 84.9 Å². The Morgan fingerprint density at radius 2 is 1.58 bits per heavy atom. The van der Waals surface area contributed by atoms with Crippen molar-refractivity contribution in [2.45, 2.75) is 5.60 Å². The summed E-state index contributed by atoms with van der Waals surface area (Å²) in [4.78, 5) is 13.0. The lowest BCUT2D eigenvalue weighted by atomic mass is 9.77. The average molecular weight is 455 g/mol. The molecular weight excluding hydrogens is 436 g/mol. The van der Waals surface area contributed by atoms with Crippen molar-refractivity contribution in [2.75, 3.05) is 17.7 Å². The summed E-state index contributed by atoms with van der Waals surface area (Å²) >= 11 is 6.36. The van der Waals surface area contributed by atoms with Crippen LogP contribution < -0.4 is 15.4 Å². The number of esters is 1. The van der Waals surface area contributed by atoms with E-state index in [2.05, 4.69) is 10.6 Å². The van der Waals surface area contributed by atoms with Gasteiger partial charge < -0.3 is 20.1 Å². The number of para-hydroxylation sites is 1. The Kier molecular flexibility index (Phi) is 4.35. The van der Waals surface area contributed by atoms with E-state index in [4.69, 9.17) is 21.1 Å². The van der Waals surface area contributed by atoms with Gasteiger partial charge in [0.1, 0.15) is 11.5 Å². The minimum atomic E-state index is -1.11. The van der Waals surface area contributed by atoms with Gasteiger partial charge in [0, 0.05) is 41.2 Å². The lowest BCUT2D eigenvalue weighted by molar-refractivity contribution is 0.0224. The Morgan fingerprint density at radius 3 is 2.42 bits per heavy atom. The highest BCUT2D eigenvalue weighted by atomic mass is 35.5. The van der Waals surface area contributed by atoms with Gasteiger partial charge in [0.15, 0.2) is 5.60 Å². The van der Waals surface area contributed by atoms with E-state index >= 15 is 0 Å². The highest BCUT2D eigenvalue weighted by molar-refractivity contribution is 6.33. The standard InChI is InChI=1S/C27H19ClN2O3/c1-29-16-10-12-20-25(15-16)32-24-13-11-17(30-23-9-5-4-8-22(23)28)14-21(24)27(20)19-7-3-2-6-18(19)26(31)33-27/h2-15,29-30H,1H3. The smallest absolute Gasteiger partial charge is 0.340 e. The van der Waals surface area contributed by atoms with Gasteiger partial charge >= 0.3 is 5.97 Å². The van der Waals surface area contributed by atoms with Crippen LogP contribution in [0.25, 0.3) is 0 Å². The van der Waals surface area contributed by atoms with E-state index in [1.807, 2.05) is 85.9 Å². The minimum absolute atomic E-state index is 0.355. The van der Waals surface area contributed by atoms with E-state index in [1.165, 1.54) is 0 Å². The third-order valence-electron chi connectivity index (χ3n) is 6.15. The Morgan fingerprint density at radius 1 is 0.788 bits per heavy atom. The Bertz CT molecular complexity index is 1430. The van der Waals surface area contributed by atoms with Crippen molar-refractivity contribution in [2.24, 2.45) is 0 Å². The molecule has 0 aliphatic carbocycles. The van der Waals surface area contributed by atoms with Crippen molar-refractivity contribution in [1.29, 1.82) is 0 Å². The number of nitrogens with one attached hydrogen (secondary N) is 2. The highest BCUT2D eigenvalue weighted by Crippen LogP contribution is 2.56. The van der Waals surface area contributed by atoms with Crippen LogP contribution in [-0.4, -0.2) is 13.0 Å². The Hall–Kier alpha value is -3.96. The Balaban J connectivity index is 1.58. The normalized spacial score (nSPS) is 17.5. The van der Waals surface area contributed by atoms with Crippen LogP contribution in [0.1, 0.15) is 27.0 Å². The fourth-order valence-corrected chi connectivity index (χ4v) is 4.81. The van der Waals surface area contributed by atoms with Gasteiger partial charge in [-0.15, -0.1) is 0 Å². The molecule has 0 fully saturated rings. The summed E-state index contributed by atoms with van der Waals surface area (Å²) in [7, 11) is 1.85. The van der Waals surface area contributed by atoms with Gasteiger partial charge in [0.05, 0.1) is 16.3 Å². The molecule has 2 heterocycles. The van der Waals surface area contributed by atoms with E-state index in [-0.39, 0.29) is 5.97 Å². The third-order valence-corrected chi connectivity index (χ3v) is 6.48. The quantitative estimate of drug-likeness (QED) is 0.337. The monoisotopic (exact) mass is 454 g/mol. The van der Waals surface area contributed by atoms with E-state index in [9.17, 15) is 4.79 Å². The zero-order valence-corrected chi connectivity index (χ0v) is 18.4. The van der Waals surface area contributed by atoms with Gasteiger partial charge in [-0.2, -0.15) is 0 Å². The number of carbonyl (C=O) groups excluding carboxylic acids is 1. The van der Waals surface area contributed by atoms with Crippen molar-refractivity contribution < 1.29 is 14.3 Å². The summed E-state index contributed by atoms with van der Waals surface area (Å²) < 4.78 is 12.5. The topological polar surface area (TPSA) is 59.6 Å². The molecule has 0 saturated carbocycles. The molecule has 1 spiro atoms. The molecule has 6 heteroatoms. The number of hydrogen-bond donors (Lipinski definition) is 2. The van der Waals surface area contributed by atoms with Crippen molar-refractivity contribution in [3.63, 3.8) is 0 Å². The van der Waals surface area contributed by atoms with Crippen LogP contribution in [0.5, 0.6) is 11.5 Å². The Labute approximate surface area is 195 Å². The molecule has 0 aromatic heterocycles. The predicted molar refractivity (Wildman–Crippen MR) is 129 cm³/mol. The van der Waals surface area contributed by atoms with Crippen LogP contribution in [-0.2, 0) is 10.3 Å². The van der Waals surface area contributed by atoms with E-state index in [0.717, 1.165) is 33.8 Å². The first-order chi connectivity index (χ1) is 16.1. The summed E-state index contributed by atoms with van der Waals surface area (Å²) in [6, 6.07) is 26.7. The lowest BCUT2D eigenvalue weighted by Crippen LogP contribution is -2.33. The molecule has 1 unspecified atom stereocenters. The molecule has 162 valence electrons. The zero-order valence-electron chi connectivity index (χ0n) is 17.7. The first kappa shape index (κ1) is 19.7. The van der Waals surface area contributed by atoms with Gasteiger partial charge in [-0.25, -0.2) is 4.79 Å². The van der Waals surface area contributed by atoms with Gasteiger partial charge in [0.2, 0.25) is 0 Å². The summed E-state index contributed by atoms with van der Waals surface area (Å²) in [5.41, 5.74) is 4.27. The zero-order chi connectivity index (χ0) is 22.6. The summed E-state index contributed by atoms with van der Waals surface area (Å²) in [5.74, 6) is 0.919. The second-order valence-electron chi connectivity index (χ2n) is 8.00. The van der Waals surface area contributed by atoms with E-state index < -0.39 is 5.60 Å². The summed E-state index contributed by atoms with van der Waals surface area (Å²) in [5, 5.41) is 7.12. The molecule has 0 saturated heterocycles. The first-order valence-corrected chi connectivity index (χ1v) is 11.0. The van der Waals surface area contributed by atoms with Gasteiger partial charge in [0.25, 0.3) is 0 Å². The number of hydrogen-bond acceptors (Lipinski definition) is 5. The second-order valence-corrected chi connectivity index (χ2v) is 8.40. The van der Waals surface area contributed by atoms with E-state index in [0.29, 0.717) is 22.1 Å². The van der Waals surface area contributed by atoms with Crippen LogP contribution in [0, 0.1) is 0 Å². The molecule has 0 radical (unpaired) electrons. The van der Waals surface area contributed by atoms with Gasteiger partial charge in [-0.05, 0) is 48.5 Å². The van der Waals surface area contributed by atoms with Crippen LogP contribution in [0.3, 0.4) is 0 Å². The number of halogens is 1. The van der Waals surface area contributed by atoms with Crippen molar-refractivity contribution in [3.8, 4) is 11.5 Å². The molecule has 4 aromatic carbocycles. The maximum atomic E-state index is 13.0. The van der Waals surface area contributed by atoms with E-state index in [1.54, 1.807) is 6.07 Å². The molecule has 5 nitrogen and oxygen atoms in total. The molecule has 33 heavy (non-hydrogen) atoms. The fraction of sp³-hybridized carbons (Fsp3) is 0.0741. The molecule has 0 bridgehead atoms. The number of benzene rings is 4. The summed E-state index contributed by atoms with van der Waals surface area (Å²) in [6.45, 7) is 0. The number of fused-ring (bicyclic) bond motifs is 6. The third kappa shape index (κ3) is 2.90.